The molecular weight excluding hydrogens is 254 g/mol. The summed E-state index contributed by atoms with van der Waals surface area (Å²) in [5, 5.41) is 10.7. The summed E-state index contributed by atoms with van der Waals surface area (Å²) in [7, 11) is 0. The topological polar surface area (TPSA) is 67.0 Å². The zero-order chi connectivity index (χ0) is 14.6. The molecule has 1 aromatic heterocycles. The lowest BCUT2D eigenvalue weighted by atomic mass is 10.1. The van der Waals surface area contributed by atoms with E-state index in [2.05, 4.69) is 15.5 Å². The normalized spacial score (nSPS) is 11.9. The van der Waals surface area contributed by atoms with Crippen LogP contribution < -0.4 is 5.32 Å². The average Bonchev–Trinajstić information content (AvgIpc) is 2.81. The Morgan fingerprint density at radius 1 is 1.45 bits per heavy atom. The molecule has 5 nitrogen and oxygen atoms in total. The van der Waals surface area contributed by atoms with E-state index in [1.165, 1.54) is 0 Å². The Bertz CT molecular complexity index is 623. The summed E-state index contributed by atoms with van der Waals surface area (Å²) < 4.78 is 5.15. The fourth-order valence-corrected chi connectivity index (χ4v) is 1.77. The van der Waals surface area contributed by atoms with Crippen LogP contribution in [0.3, 0.4) is 0 Å². The molecule has 2 aromatic rings. The quantitative estimate of drug-likeness (QED) is 0.903. The molecule has 1 amide bonds. The zero-order valence-corrected chi connectivity index (χ0v) is 11.9. The van der Waals surface area contributed by atoms with Gasteiger partial charge in [0.1, 0.15) is 5.60 Å². The number of nitrogens with zero attached hydrogens (tertiary/aromatic N) is 1. The van der Waals surface area contributed by atoms with Crippen LogP contribution in [-0.2, 0) is 4.74 Å². The molecule has 0 aliphatic heterocycles. The van der Waals surface area contributed by atoms with E-state index in [0.29, 0.717) is 6.54 Å². The first-order valence-corrected chi connectivity index (χ1v) is 6.51. The van der Waals surface area contributed by atoms with E-state index in [1.807, 2.05) is 51.1 Å². The van der Waals surface area contributed by atoms with Crippen molar-refractivity contribution in [1.29, 1.82) is 0 Å². The molecule has 0 saturated carbocycles. The molecule has 0 unspecified atom stereocenters. The van der Waals surface area contributed by atoms with Crippen LogP contribution in [0.4, 0.5) is 4.79 Å². The zero-order valence-electron chi connectivity index (χ0n) is 11.9. The second kappa shape index (κ2) is 5.77. The van der Waals surface area contributed by atoms with E-state index in [1.54, 1.807) is 6.20 Å². The van der Waals surface area contributed by atoms with Crippen molar-refractivity contribution in [3.63, 3.8) is 0 Å². The molecule has 0 aliphatic rings. The lowest BCUT2D eigenvalue weighted by Gasteiger charge is -2.19. The van der Waals surface area contributed by atoms with Gasteiger partial charge in [0.25, 0.3) is 0 Å². The van der Waals surface area contributed by atoms with Gasteiger partial charge in [-0.25, -0.2) is 4.79 Å². The Morgan fingerprint density at radius 3 is 3.00 bits per heavy atom. The second-order valence-electron chi connectivity index (χ2n) is 5.47. The first-order valence-electron chi connectivity index (χ1n) is 6.51. The lowest BCUT2D eigenvalue weighted by Crippen LogP contribution is -2.32. The predicted molar refractivity (Wildman–Crippen MR) is 79.4 cm³/mol. The van der Waals surface area contributed by atoms with E-state index < -0.39 is 11.7 Å². The van der Waals surface area contributed by atoms with Gasteiger partial charge in [-0.2, -0.15) is 5.10 Å². The fourth-order valence-electron chi connectivity index (χ4n) is 1.77. The monoisotopic (exact) mass is 273 g/mol. The molecule has 0 aliphatic carbocycles. The minimum Gasteiger partial charge on any atom is -0.444 e. The summed E-state index contributed by atoms with van der Waals surface area (Å²) in [6.45, 7) is 5.92. The minimum atomic E-state index is -0.477. The molecule has 20 heavy (non-hydrogen) atoms. The third-order valence-corrected chi connectivity index (χ3v) is 2.57. The number of carbonyl (C=O) groups excluding carboxylic acids is 1. The molecule has 5 heteroatoms. The molecule has 2 rings (SSSR count). The summed E-state index contributed by atoms with van der Waals surface area (Å²) in [4.78, 5) is 11.5. The number of nitrogens with one attached hydrogen (secondary N) is 2. The van der Waals surface area contributed by atoms with Crippen LogP contribution in [0.5, 0.6) is 0 Å². The van der Waals surface area contributed by atoms with Gasteiger partial charge in [-0.1, -0.05) is 30.4 Å². The van der Waals surface area contributed by atoms with E-state index in [0.717, 1.165) is 16.5 Å². The van der Waals surface area contributed by atoms with Gasteiger partial charge in [0, 0.05) is 11.9 Å². The summed E-state index contributed by atoms with van der Waals surface area (Å²) in [5.74, 6) is 0. The Hall–Kier alpha value is -2.30. The number of aromatic nitrogens is 2. The van der Waals surface area contributed by atoms with Crippen molar-refractivity contribution >= 4 is 23.1 Å². The SMILES string of the molecule is CC(C)(C)OC(=O)NCC=Cc1cccc2cn[nH]c12. The highest BCUT2D eigenvalue weighted by Gasteiger charge is 2.14. The maximum atomic E-state index is 11.5. The van der Waals surface area contributed by atoms with Crippen molar-refractivity contribution in [3.8, 4) is 0 Å². The van der Waals surface area contributed by atoms with Gasteiger partial charge in [0.15, 0.2) is 0 Å². The van der Waals surface area contributed by atoms with Gasteiger partial charge < -0.3 is 10.1 Å². The number of amides is 1. The largest absolute Gasteiger partial charge is 0.444 e. The highest BCUT2D eigenvalue weighted by Crippen LogP contribution is 2.16. The third kappa shape index (κ3) is 3.85. The van der Waals surface area contributed by atoms with Crippen LogP contribution in [0.15, 0.2) is 30.5 Å². The Kier molecular flexibility index (Phi) is 4.08. The molecule has 0 atom stereocenters. The smallest absolute Gasteiger partial charge is 0.407 e. The van der Waals surface area contributed by atoms with Crippen LogP contribution >= 0.6 is 0 Å². The standard InChI is InChI=1S/C15H19N3O2/c1-15(2,3)20-14(19)16-9-5-8-11-6-4-7-12-10-17-18-13(11)12/h4-8,10H,9H2,1-3H3,(H,16,19)(H,17,18). The number of carbonyl (C=O) groups is 1. The number of fused-ring (bicyclic) bond motifs is 1. The Balaban J connectivity index is 1.91. The number of benzene rings is 1. The summed E-state index contributed by atoms with van der Waals surface area (Å²) in [6, 6.07) is 5.96. The second-order valence-corrected chi connectivity index (χ2v) is 5.47. The maximum Gasteiger partial charge on any atom is 0.407 e. The van der Waals surface area contributed by atoms with Gasteiger partial charge in [0.05, 0.1) is 11.7 Å². The molecule has 1 heterocycles. The summed E-state index contributed by atoms with van der Waals surface area (Å²) >= 11 is 0. The van der Waals surface area contributed by atoms with Gasteiger partial charge in [-0.3, -0.25) is 5.10 Å². The number of hydrogen-bond donors (Lipinski definition) is 2. The lowest BCUT2D eigenvalue weighted by molar-refractivity contribution is 0.0534. The molecule has 2 N–H and O–H groups in total. The summed E-state index contributed by atoms with van der Waals surface area (Å²) in [5.41, 5.74) is 1.54. The van der Waals surface area contributed by atoms with E-state index in [-0.39, 0.29) is 0 Å². The third-order valence-electron chi connectivity index (χ3n) is 2.57. The van der Waals surface area contributed by atoms with Crippen molar-refractivity contribution < 1.29 is 9.53 Å². The first kappa shape index (κ1) is 14.1. The minimum absolute atomic E-state index is 0.415. The van der Waals surface area contributed by atoms with Crippen LogP contribution in [0, 0.1) is 0 Å². The maximum absolute atomic E-state index is 11.5. The highest BCUT2D eigenvalue weighted by atomic mass is 16.6. The molecule has 106 valence electrons. The van der Waals surface area contributed by atoms with Crippen LogP contribution in [0.25, 0.3) is 17.0 Å². The van der Waals surface area contributed by atoms with Gasteiger partial charge in [0.2, 0.25) is 0 Å². The van der Waals surface area contributed by atoms with Gasteiger partial charge in [-0.15, -0.1) is 0 Å². The molecular formula is C15H19N3O2. The Morgan fingerprint density at radius 2 is 2.25 bits per heavy atom. The number of hydrogen-bond acceptors (Lipinski definition) is 3. The van der Waals surface area contributed by atoms with Crippen molar-refractivity contribution in [2.45, 2.75) is 26.4 Å². The van der Waals surface area contributed by atoms with Crippen molar-refractivity contribution in [1.82, 2.24) is 15.5 Å². The Labute approximate surface area is 118 Å². The molecule has 1 aromatic carbocycles. The number of ether oxygens (including phenoxy) is 1. The average molecular weight is 273 g/mol. The molecule has 0 radical (unpaired) electrons. The first-order chi connectivity index (χ1) is 9.46. The van der Waals surface area contributed by atoms with Crippen molar-refractivity contribution in [3.05, 3.63) is 36.0 Å². The number of H-pyrrole nitrogens is 1. The van der Waals surface area contributed by atoms with Crippen molar-refractivity contribution in [2.75, 3.05) is 6.54 Å². The van der Waals surface area contributed by atoms with E-state index in [4.69, 9.17) is 4.74 Å². The molecule has 0 fully saturated rings. The fraction of sp³-hybridized carbons (Fsp3) is 0.333. The van der Waals surface area contributed by atoms with Crippen LogP contribution in [0.2, 0.25) is 0 Å². The number of para-hydroxylation sites is 1. The number of rotatable bonds is 3. The van der Waals surface area contributed by atoms with Crippen LogP contribution in [-0.4, -0.2) is 28.4 Å². The van der Waals surface area contributed by atoms with E-state index >= 15 is 0 Å². The molecule has 0 saturated heterocycles. The van der Waals surface area contributed by atoms with Crippen molar-refractivity contribution in [2.24, 2.45) is 0 Å². The number of aromatic amines is 1. The molecule has 0 bridgehead atoms. The summed E-state index contributed by atoms with van der Waals surface area (Å²) in [6.07, 6.45) is 5.19. The van der Waals surface area contributed by atoms with Crippen LogP contribution in [0.1, 0.15) is 26.3 Å². The van der Waals surface area contributed by atoms with Gasteiger partial charge >= 0.3 is 6.09 Å². The van der Waals surface area contributed by atoms with E-state index in [9.17, 15) is 4.79 Å². The number of alkyl carbamates (subject to hydrolysis) is 1. The van der Waals surface area contributed by atoms with Gasteiger partial charge in [-0.05, 0) is 26.3 Å². The molecule has 0 spiro atoms. The highest BCUT2D eigenvalue weighted by molar-refractivity contribution is 5.86. The predicted octanol–water partition coefficient (Wildman–Crippen LogP) is 3.10.